The number of anilines is 1. The summed E-state index contributed by atoms with van der Waals surface area (Å²) in [6.07, 6.45) is 13.6. The van der Waals surface area contributed by atoms with Crippen LogP contribution < -0.4 is 11.1 Å². The molecule has 0 aliphatic carbocycles. The molecule has 0 saturated heterocycles. The van der Waals surface area contributed by atoms with Gasteiger partial charge in [0.05, 0.1) is 0 Å². The van der Waals surface area contributed by atoms with E-state index < -0.39 is 0 Å². The molecule has 0 unspecified atom stereocenters. The van der Waals surface area contributed by atoms with E-state index in [-0.39, 0.29) is 5.91 Å². The number of nitrogens with two attached hydrogens (primary N) is 1. The molecule has 0 aliphatic rings. The maximum atomic E-state index is 11.7. The molecule has 0 spiro atoms. The van der Waals surface area contributed by atoms with Crippen molar-refractivity contribution < 1.29 is 4.79 Å². The second-order valence-electron chi connectivity index (χ2n) is 5.77. The summed E-state index contributed by atoms with van der Waals surface area (Å²) in [7, 11) is 0. The fourth-order valence-corrected chi connectivity index (χ4v) is 2.31. The molecule has 0 atom stereocenters. The summed E-state index contributed by atoms with van der Waals surface area (Å²) in [4.78, 5) is 11.7. The summed E-state index contributed by atoms with van der Waals surface area (Å²) < 4.78 is 0. The molecule has 0 radical (unpaired) electrons. The molecule has 0 heterocycles. The Kier molecular flexibility index (Phi) is 9.84. The molecule has 0 saturated carbocycles. The molecule has 3 nitrogen and oxygen atoms in total. The van der Waals surface area contributed by atoms with E-state index in [1.165, 1.54) is 44.9 Å². The van der Waals surface area contributed by atoms with Gasteiger partial charge < -0.3 is 11.1 Å². The number of nitrogen functional groups attached to an aromatic ring is 1. The molecule has 3 N–H and O–H groups in total. The van der Waals surface area contributed by atoms with Crippen molar-refractivity contribution in [2.45, 2.75) is 58.3 Å². The van der Waals surface area contributed by atoms with E-state index in [4.69, 9.17) is 5.73 Å². The molecule has 0 bridgehead atoms. The lowest BCUT2D eigenvalue weighted by atomic mass is 10.1. The Morgan fingerprint density at radius 2 is 1.59 bits per heavy atom. The zero-order chi connectivity index (χ0) is 16.0. The van der Waals surface area contributed by atoms with Gasteiger partial charge in [-0.15, -0.1) is 0 Å². The van der Waals surface area contributed by atoms with Gasteiger partial charge in [-0.2, -0.15) is 0 Å². The zero-order valence-corrected chi connectivity index (χ0v) is 13.8. The number of amides is 1. The van der Waals surface area contributed by atoms with Gasteiger partial charge in [-0.3, -0.25) is 4.79 Å². The van der Waals surface area contributed by atoms with Crippen molar-refractivity contribution in [1.82, 2.24) is 5.32 Å². The second kappa shape index (κ2) is 11.8. The van der Waals surface area contributed by atoms with Crippen LogP contribution in [0.25, 0.3) is 6.08 Å². The minimum atomic E-state index is -0.0280. The number of hydrogen-bond donors (Lipinski definition) is 2. The van der Waals surface area contributed by atoms with Crippen LogP contribution in [0.15, 0.2) is 30.3 Å². The van der Waals surface area contributed by atoms with Crippen LogP contribution in [0.1, 0.15) is 63.9 Å². The lowest BCUT2D eigenvalue weighted by molar-refractivity contribution is -0.116. The Bertz CT molecular complexity index is 437. The summed E-state index contributed by atoms with van der Waals surface area (Å²) in [5, 5.41) is 2.93. The second-order valence-corrected chi connectivity index (χ2v) is 5.77. The fraction of sp³-hybridized carbons (Fsp3) is 0.526. The van der Waals surface area contributed by atoms with Crippen LogP contribution in [0.3, 0.4) is 0 Å². The molecular formula is C19H30N2O. The van der Waals surface area contributed by atoms with Gasteiger partial charge in [0.25, 0.3) is 0 Å². The molecule has 22 heavy (non-hydrogen) atoms. The molecule has 0 aliphatic heterocycles. The Labute approximate surface area is 135 Å². The maximum Gasteiger partial charge on any atom is 0.243 e. The van der Waals surface area contributed by atoms with Gasteiger partial charge >= 0.3 is 0 Å². The number of hydrogen-bond acceptors (Lipinski definition) is 2. The van der Waals surface area contributed by atoms with Crippen LogP contribution in [0.2, 0.25) is 0 Å². The highest BCUT2D eigenvalue weighted by molar-refractivity contribution is 5.91. The minimum absolute atomic E-state index is 0.0280. The van der Waals surface area contributed by atoms with Crippen molar-refractivity contribution in [2.24, 2.45) is 0 Å². The molecular weight excluding hydrogens is 272 g/mol. The molecule has 1 aromatic carbocycles. The standard InChI is InChI=1S/C19H30N2O/c1-2-3-4-5-6-7-8-9-16-21-19(22)15-12-17-10-13-18(20)14-11-17/h10-15H,2-9,16,20H2,1H3,(H,21,22)/b15-12+. The first-order valence-corrected chi connectivity index (χ1v) is 8.54. The van der Waals surface area contributed by atoms with Gasteiger partial charge in [0.15, 0.2) is 0 Å². The third-order valence-electron chi connectivity index (χ3n) is 3.69. The van der Waals surface area contributed by atoms with Gasteiger partial charge in [-0.05, 0) is 30.2 Å². The van der Waals surface area contributed by atoms with Crippen LogP contribution in [-0.4, -0.2) is 12.5 Å². The minimum Gasteiger partial charge on any atom is -0.399 e. The molecule has 3 heteroatoms. The predicted octanol–water partition coefficient (Wildman–Crippen LogP) is 4.54. The lowest BCUT2D eigenvalue weighted by Gasteiger charge is -2.03. The van der Waals surface area contributed by atoms with Crippen molar-refractivity contribution >= 4 is 17.7 Å². The van der Waals surface area contributed by atoms with Gasteiger partial charge in [-0.1, -0.05) is 64.0 Å². The molecule has 1 amide bonds. The van der Waals surface area contributed by atoms with Crippen LogP contribution in [-0.2, 0) is 4.79 Å². The first-order valence-electron chi connectivity index (χ1n) is 8.54. The summed E-state index contributed by atoms with van der Waals surface area (Å²) in [6, 6.07) is 7.46. The third kappa shape index (κ3) is 9.22. The highest BCUT2D eigenvalue weighted by Gasteiger charge is 1.96. The van der Waals surface area contributed by atoms with E-state index in [0.717, 1.165) is 24.2 Å². The smallest absolute Gasteiger partial charge is 0.243 e. The lowest BCUT2D eigenvalue weighted by Crippen LogP contribution is -2.21. The molecule has 1 aromatic rings. The topological polar surface area (TPSA) is 55.1 Å². The van der Waals surface area contributed by atoms with Gasteiger partial charge in [0, 0.05) is 18.3 Å². The average molecular weight is 302 g/mol. The number of benzene rings is 1. The number of rotatable bonds is 11. The largest absolute Gasteiger partial charge is 0.399 e. The molecule has 0 aromatic heterocycles. The van der Waals surface area contributed by atoms with Crippen LogP contribution in [0, 0.1) is 0 Å². The summed E-state index contributed by atoms with van der Waals surface area (Å²) >= 11 is 0. The van der Waals surface area contributed by atoms with Crippen LogP contribution in [0.4, 0.5) is 5.69 Å². The first kappa shape index (κ1) is 18.3. The quantitative estimate of drug-likeness (QED) is 0.358. The Balaban J connectivity index is 2.02. The zero-order valence-electron chi connectivity index (χ0n) is 13.8. The average Bonchev–Trinajstić information content (AvgIpc) is 2.53. The van der Waals surface area contributed by atoms with E-state index in [9.17, 15) is 4.79 Å². The predicted molar refractivity (Wildman–Crippen MR) is 95.5 cm³/mol. The van der Waals surface area contributed by atoms with E-state index in [1.54, 1.807) is 6.08 Å². The SMILES string of the molecule is CCCCCCCCCCNC(=O)/C=C/c1ccc(N)cc1. The third-order valence-corrected chi connectivity index (χ3v) is 3.69. The van der Waals surface area contributed by atoms with Crippen LogP contribution >= 0.6 is 0 Å². The number of carbonyl (C=O) groups excluding carboxylic acids is 1. The molecule has 0 fully saturated rings. The van der Waals surface area contributed by atoms with Gasteiger partial charge in [-0.25, -0.2) is 0 Å². The van der Waals surface area contributed by atoms with Gasteiger partial charge in [0.1, 0.15) is 0 Å². The van der Waals surface area contributed by atoms with Gasteiger partial charge in [0.2, 0.25) is 5.91 Å². The monoisotopic (exact) mass is 302 g/mol. The van der Waals surface area contributed by atoms with Crippen molar-refractivity contribution in [3.05, 3.63) is 35.9 Å². The van der Waals surface area contributed by atoms with E-state index >= 15 is 0 Å². The van der Waals surface area contributed by atoms with Crippen molar-refractivity contribution in [3.63, 3.8) is 0 Å². The highest BCUT2D eigenvalue weighted by atomic mass is 16.1. The maximum absolute atomic E-state index is 11.7. The molecule has 1 rings (SSSR count). The highest BCUT2D eigenvalue weighted by Crippen LogP contribution is 2.08. The first-order chi connectivity index (χ1) is 10.7. The Morgan fingerprint density at radius 1 is 1.00 bits per heavy atom. The normalized spacial score (nSPS) is 11.0. The number of carbonyl (C=O) groups is 1. The summed E-state index contributed by atoms with van der Waals surface area (Å²) in [5.41, 5.74) is 7.33. The number of unbranched alkanes of at least 4 members (excludes halogenated alkanes) is 7. The van der Waals surface area contributed by atoms with E-state index in [1.807, 2.05) is 30.3 Å². The molecule has 122 valence electrons. The number of nitrogens with one attached hydrogen (secondary N) is 1. The van der Waals surface area contributed by atoms with Crippen molar-refractivity contribution in [3.8, 4) is 0 Å². The van der Waals surface area contributed by atoms with E-state index in [2.05, 4.69) is 12.2 Å². The summed E-state index contributed by atoms with van der Waals surface area (Å²) in [6.45, 7) is 3.00. The van der Waals surface area contributed by atoms with E-state index in [0.29, 0.717) is 0 Å². The summed E-state index contributed by atoms with van der Waals surface area (Å²) in [5.74, 6) is -0.0280. The Hall–Kier alpha value is -1.77. The van der Waals surface area contributed by atoms with Crippen molar-refractivity contribution in [1.29, 1.82) is 0 Å². The van der Waals surface area contributed by atoms with Crippen molar-refractivity contribution in [2.75, 3.05) is 12.3 Å². The van der Waals surface area contributed by atoms with Crippen LogP contribution in [0.5, 0.6) is 0 Å². The Morgan fingerprint density at radius 3 is 2.23 bits per heavy atom. The fourth-order valence-electron chi connectivity index (χ4n) is 2.31.